The van der Waals surface area contributed by atoms with Gasteiger partial charge < -0.3 is 9.88 Å². The van der Waals surface area contributed by atoms with Crippen LogP contribution in [0.2, 0.25) is 0 Å². The summed E-state index contributed by atoms with van der Waals surface area (Å²) in [5, 5.41) is 14.7. The van der Waals surface area contributed by atoms with E-state index < -0.39 is 0 Å². The minimum Gasteiger partial charge on any atom is -0.378 e. The van der Waals surface area contributed by atoms with E-state index in [0.29, 0.717) is 0 Å². The van der Waals surface area contributed by atoms with Gasteiger partial charge in [-0.15, -0.1) is 10.2 Å². The monoisotopic (exact) mass is 292 g/mol. The Balaban J connectivity index is 1.53. The fourth-order valence-corrected chi connectivity index (χ4v) is 3.16. The van der Waals surface area contributed by atoms with Gasteiger partial charge in [-0.05, 0) is 35.7 Å². The van der Waals surface area contributed by atoms with Crippen LogP contribution in [0.1, 0.15) is 30.9 Å². The van der Waals surface area contributed by atoms with Crippen LogP contribution in [0.25, 0.3) is 10.8 Å². The molecule has 0 spiro atoms. The van der Waals surface area contributed by atoms with Gasteiger partial charge in [0.05, 0.1) is 6.54 Å². The fourth-order valence-electron chi connectivity index (χ4n) is 3.16. The molecule has 0 amide bonds. The second-order valence-electron chi connectivity index (χ2n) is 5.91. The number of rotatable bonds is 3. The summed E-state index contributed by atoms with van der Waals surface area (Å²) in [5.41, 5.74) is 1.13. The number of hydrogen-bond donors (Lipinski definition) is 1. The van der Waals surface area contributed by atoms with Crippen LogP contribution < -0.4 is 5.32 Å². The zero-order chi connectivity index (χ0) is 14.8. The van der Waals surface area contributed by atoms with Crippen molar-refractivity contribution in [3.05, 3.63) is 54.1 Å². The molecule has 0 radical (unpaired) electrons. The van der Waals surface area contributed by atoms with Gasteiger partial charge in [0.25, 0.3) is 0 Å². The van der Waals surface area contributed by atoms with Gasteiger partial charge in [0, 0.05) is 18.7 Å². The summed E-state index contributed by atoms with van der Waals surface area (Å²) in [7, 11) is 0. The maximum absolute atomic E-state index is 4.37. The van der Waals surface area contributed by atoms with Gasteiger partial charge in [0.2, 0.25) is 0 Å². The van der Waals surface area contributed by atoms with Gasteiger partial charge in [-0.2, -0.15) is 0 Å². The minimum absolute atomic E-state index is 0.728. The zero-order valence-electron chi connectivity index (χ0n) is 12.6. The van der Waals surface area contributed by atoms with E-state index in [1.807, 2.05) is 0 Å². The van der Waals surface area contributed by atoms with E-state index in [0.717, 1.165) is 36.8 Å². The third-order valence-electron chi connectivity index (χ3n) is 4.39. The molecule has 0 aliphatic carbocycles. The summed E-state index contributed by atoms with van der Waals surface area (Å²) in [5.74, 6) is 2.19. The fraction of sp³-hybridized carbons (Fsp3) is 0.333. The Labute approximate surface area is 130 Å². The van der Waals surface area contributed by atoms with Crippen molar-refractivity contribution in [2.75, 3.05) is 5.32 Å². The number of nitrogens with one attached hydrogen (secondary N) is 1. The third-order valence-corrected chi connectivity index (χ3v) is 4.39. The van der Waals surface area contributed by atoms with E-state index in [1.165, 1.54) is 30.0 Å². The summed E-state index contributed by atoms with van der Waals surface area (Å²) in [6, 6.07) is 14.9. The molecule has 0 saturated carbocycles. The predicted molar refractivity (Wildman–Crippen MR) is 88.9 cm³/mol. The molecule has 0 atom stereocenters. The van der Waals surface area contributed by atoms with Crippen molar-refractivity contribution in [2.24, 2.45) is 0 Å². The van der Waals surface area contributed by atoms with Crippen molar-refractivity contribution in [1.29, 1.82) is 0 Å². The Hall–Kier alpha value is -2.36. The van der Waals surface area contributed by atoms with Crippen LogP contribution in [-0.2, 0) is 19.5 Å². The molecular weight excluding hydrogens is 272 g/mol. The quantitative estimate of drug-likeness (QED) is 0.799. The molecule has 1 aliphatic rings. The van der Waals surface area contributed by atoms with Crippen LogP contribution in [0, 0.1) is 0 Å². The molecule has 4 heteroatoms. The van der Waals surface area contributed by atoms with Crippen LogP contribution in [-0.4, -0.2) is 14.8 Å². The Kier molecular flexibility index (Phi) is 3.51. The predicted octanol–water partition coefficient (Wildman–Crippen LogP) is 3.77. The van der Waals surface area contributed by atoms with Gasteiger partial charge in [-0.3, -0.25) is 0 Å². The molecule has 1 N–H and O–H groups in total. The largest absolute Gasteiger partial charge is 0.378 e. The standard InChI is InChI=1S/C18H20N4/c1-2-8-17-20-21-18(22(17)11-5-1)13-19-16-10-9-14-6-3-4-7-15(14)12-16/h3-4,6-7,9-10,12,19H,1-2,5,8,11,13H2. The number of anilines is 1. The summed E-state index contributed by atoms with van der Waals surface area (Å²) in [6.07, 6.45) is 4.81. The van der Waals surface area contributed by atoms with Crippen LogP contribution in [0.3, 0.4) is 0 Å². The van der Waals surface area contributed by atoms with Crippen LogP contribution in [0.4, 0.5) is 5.69 Å². The van der Waals surface area contributed by atoms with Crippen molar-refractivity contribution >= 4 is 16.5 Å². The second-order valence-corrected chi connectivity index (χ2v) is 5.91. The lowest BCUT2D eigenvalue weighted by molar-refractivity contribution is 0.610. The van der Waals surface area contributed by atoms with Gasteiger partial charge in [-0.25, -0.2) is 0 Å². The first-order chi connectivity index (χ1) is 10.9. The molecule has 4 rings (SSSR count). The first kappa shape index (κ1) is 13.3. The maximum Gasteiger partial charge on any atom is 0.152 e. The van der Waals surface area contributed by atoms with Gasteiger partial charge >= 0.3 is 0 Å². The number of nitrogens with zero attached hydrogens (tertiary/aromatic N) is 3. The lowest BCUT2D eigenvalue weighted by Crippen LogP contribution is -2.10. The molecule has 0 unspecified atom stereocenters. The van der Waals surface area contributed by atoms with E-state index in [9.17, 15) is 0 Å². The third kappa shape index (κ3) is 2.56. The molecule has 4 nitrogen and oxygen atoms in total. The number of aromatic nitrogens is 3. The molecule has 0 bridgehead atoms. The molecule has 1 aliphatic heterocycles. The summed E-state index contributed by atoms with van der Waals surface area (Å²) in [4.78, 5) is 0. The van der Waals surface area contributed by atoms with Gasteiger partial charge in [-0.1, -0.05) is 36.8 Å². The molecule has 112 valence electrons. The molecular formula is C18H20N4. The summed E-state index contributed by atoms with van der Waals surface area (Å²) < 4.78 is 2.29. The van der Waals surface area contributed by atoms with Crippen LogP contribution >= 0.6 is 0 Å². The number of benzene rings is 2. The smallest absolute Gasteiger partial charge is 0.152 e. The highest BCUT2D eigenvalue weighted by atomic mass is 15.3. The highest BCUT2D eigenvalue weighted by molar-refractivity contribution is 5.85. The Morgan fingerprint density at radius 2 is 1.86 bits per heavy atom. The first-order valence-corrected chi connectivity index (χ1v) is 8.04. The second kappa shape index (κ2) is 5.79. The van der Waals surface area contributed by atoms with E-state index in [2.05, 4.69) is 62.5 Å². The van der Waals surface area contributed by atoms with Crippen molar-refractivity contribution < 1.29 is 0 Å². The topological polar surface area (TPSA) is 42.7 Å². The zero-order valence-corrected chi connectivity index (χ0v) is 12.6. The van der Waals surface area contributed by atoms with Gasteiger partial charge in [0.1, 0.15) is 5.82 Å². The Morgan fingerprint density at radius 1 is 0.955 bits per heavy atom. The Bertz CT molecular complexity index is 791. The van der Waals surface area contributed by atoms with Crippen LogP contribution in [0.15, 0.2) is 42.5 Å². The number of hydrogen-bond acceptors (Lipinski definition) is 3. The van der Waals surface area contributed by atoms with Crippen molar-refractivity contribution in [2.45, 2.75) is 38.8 Å². The average Bonchev–Trinajstić information content (AvgIpc) is 2.79. The summed E-state index contributed by atoms with van der Waals surface area (Å²) >= 11 is 0. The molecule has 0 fully saturated rings. The number of aryl methyl sites for hydroxylation is 1. The molecule has 2 aromatic carbocycles. The van der Waals surface area contributed by atoms with Crippen molar-refractivity contribution in [1.82, 2.24) is 14.8 Å². The van der Waals surface area contributed by atoms with Gasteiger partial charge in [0.15, 0.2) is 5.82 Å². The maximum atomic E-state index is 4.37. The highest BCUT2D eigenvalue weighted by Gasteiger charge is 2.14. The Morgan fingerprint density at radius 3 is 2.82 bits per heavy atom. The molecule has 1 aromatic heterocycles. The molecule has 22 heavy (non-hydrogen) atoms. The molecule has 2 heterocycles. The number of fused-ring (bicyclic) bond motifs is 2. The summed E-state index contributed by atoms with van der Waals surface area (Å²) in [6.45, 7) is 1.78. The lowest BCUT2D eigenvalue weighted by Gasteiger charge is -2.09. The lowest BCUT2D eigenvalue weighted by atomic mass is 10.1. The average molecular weight is 292 g/mol. The normalized spacial score (nSPS) is 14.5. The SMILES string of the molecule is c1ccc2cc(NCc3nnc4n3CCCCC4)ccc2c1. The van der Waals surface area contributed by atoms with Crippen molar-refractivity contribution in [3.8, 4) is 0 Å². The first-order valence-electron chi connectivity index (χ1n) is 8.04. The minimum atomic E-state index is 0.728. The molecule has 3 aromatic rings. The van der Waals surface area contributed by atoms with Crippen molar-refractivity contribution in [3.63, 3.8) is 0 Å². The van der Waals surface area contributed by atoms with E-state index in [4.69, 9.17) is 0 Å². The highest BCUT2D eigenvalue weighted by Crippen LogP contribution is 2.20. The van der Waals surface area contributed by atoms with E-state index >= 15 is 0 Å². The molecule has 0 saturated heterocycles. The van der Waals surface area contributed by atoms with E-state index in [1.54, 1.807) is 0 Å². The van der Waals surface area contributed by atoms with Crippen LogP contribution in [0.5, 0.6) is 0 Å². The van der Waals surface area contributed by atoms with E-state index in [-0.39, 0.29) is 0 Å².